The van der Waals surface area contributed by atoms with Crippen molar-refractivity contribution in [2.45, 2.75) is 12.8 Å². The molecule has 124 valence electrons. The standard InChI is InChI=1S/C19H17IO4/c20-15-4-1-12(2-5-15)8-16-14(10-22-19(16)21)7-13-3-6-17-18(9-13)24-11-23-17/h1-6,9,14,16H,7-8,10-11H2/t14-,16+/m0/s1. The maximum absolute atomic E-state index is 12.2. The predicted octanol–water partition coefficient (Wildman–Crippen LogP) is 3.59. The van der Waals surface area contributed by atoms with Gasteiger partial charge in [-0.15, -0.1) is 0 Å². The van der Waals surface area contributed by atoms with Crippen LogP contribution in [0.5, 0.6) is 11.5 Å². The number of hydrogen-bond acceptors (Lipinski definition) is 4. The molecule has 0 unspecified atom stereocenters. The molecular formula is C19H17IO4. The van der Waals surface area contributed by atoms with Crippen LogP contribution in [0.4, 0.5) is 0 Å². The van der Waals surface area contributed by atoms with E-state index >= 15 is 0 Å². The van der Waals surface area contributed by atoms with Crippen molar-refractivity contribution in [2.75, 3.05) is 13.4 Å². The Balaban J connectivity index is 1.49. The second-order valence-electron chi connectivity index (χ2n) is 6.22. The van der Waals surface area contributed by atoms with Gasteiger partial charge in [0.15, 0.2) is 11.5 Å². The zero-order chi connectivity index (χ0) is 16.5. The van der Waals surface area contributed by atoms with Crippen LogP contribution in [0.2, 0.25) is 0 Å². The van der Waals surface area contributed by atoms with Crippen LogP contribution in [0.15, 0.2) is 42.5 Å². The maximum atomic E-state index is 12.2. The minimum atomic E-state index is -0.0875. The van der Waals surface area contributed by atoms with Gasteiger partial charge in [0, 0.05) is 9.49 Å². The molecule has 2 aliphatic rings. The van der Waals surface area contributed by atoms with E-state index in [0.717, 1.165) is 29.9 Å². The van der Waals surface area contributed by atoms with Crippen molar-refractivity contribution in [2.24, 2.45) is 11.8 Å². The molecule has 0 spiro atoms. The monoisotopic (exact) mass is 436 g/mol. The summed E-state index contributed by atoms with van der Waals surface area (Å²) >= 11 is 2.28. The molecule has 0 aliphatic carbocycles. The highest BCUT2D eigenvalue weighted by atomic mass is 127. The lowest BCUT2D eigenvalue weighted by molar-refractivity contribution is -0.141. The average Bonchev–Trinajstić information content (AvgIpc) is 3.18. The summed E-state index contributed by atoms with van der Waals surface area (Å²) in [5, 5.41) is 0. The van der Waals surface area contributed by atoms with Gasteiger partial charge in [-0.25, -0.2) is 0 Å². The van der Waals surface area contributed by atoms with Gasteiger partial charge in [0.1, 0.15) is 0 Å². The highest BCUT2D eigenvalue weighted by Gasteiger charge is 2.36. The van der Waals surface area contributed by atoms with Crippen LogP contribution < -0.4 is 9.47 Å². The summed E-state index contributed by atoms with van der Waals surface area (Å²) in [6.45, 7) is 0.765. The summed E-state index contributed by atoms with van der Waals surface area (Å²) < 4.78 is 17.3. The van der Waals surface area contributed by atoms with Gasteiger partial charge in [0.05, 0.1) is 12.5 Å². The third kappa shape index (κ3) is 3.22. The van der Waals surface area contributed by atoms with Crippen LogP contribution in [0.3, 0.4) is 0 Å². The summed E-state index contributed by atoms with van der Waals surface area (Å²) in [4.78, 5) is 12.2. The van der Waals surface area contributed by atoms with Crippen molar-refractivity contribution in [3.63, 3.8) is 0 Å². The Kier molecular flexibility index (Phi) is 4.35. The van der Waals surface area contributed by atoms with E-state index in [4.69, 9.17) is 14.2 Å². The summed E-state index contributed by atoms with van der Waals surface area (Å²) in [5.74, 6) is 1.59. The van der Waals surface area contributed by atoms with Gasteiger partial charge in [-0.1, -0.05) is 18.2 Å². The molecule has 0 aromatic heterocycles. The SMILES string of the molecule is O=C1OC[C@H](Cc2ccc3c(c2)OCO3)[C@H]1Cc1ccc(I)cc1. The number of carbonyl (C=O) groups is 1. The van der Waals surface area contributed by atoms with E-state index < -0.39 is 0 Å². The Hall–Kier alpha value is -1.76. The van der Waals surface area contributed by atoms with Gasteiger partial charge in [0.25, 0.3) is 0 Å². The van der Waals surface area contributed by atoms with Crippen molar-refractivity contribution in [3.05, 3.63) is 57.2 Å². The van der Waals surface area contributed by atoms with Crippen molar-refractivity contribution < 1.29 is 19.0 Å². The number of benzene rings is 2. The van der Waals surface area contributed by atoms with Gasteiger partial charge in [-0.3, -0.25) is 4.79 Å². The third-order valence-electron chi connectivity index (χ3n) is 4.62. The highest BCUT2D eigenvalue weighted by Crippen LogP contribution is 2.35. The van der Waals surface area contributed by atoms with Crippen molar-refractivity contribution in [1.82, 2.24) is 0 Å². The minimum absolute atomic E-state index is 0.0840. The second kappa shape index (κ2) is 6.63. The van der Waals surface area contributed by atoms with E-state index in [1.165, 1.54) is 9.13 Å². The fourth-order valence-corrected chi connectivity index (χ4v) is 3.66. The molecule has 1 fully saturated rings. The smallest absolute Gasteiger partial charge is 0.309 e. The molecule has 0 N–H and O–H groups in total. The Morgan fingerprint density at radius 2 is 1.67 bits per heavy atom. The Labute approximate surface area is 154 Å². The first-order chi connectivity index (χ1) is 11.7. The fraction of sp³-hybridized carbons (Fsp3) is 0.316. The van der Waals surface area contributed by atoms with Gasteiger partial charge in [0.2, 0.25) is 6.79 Å². The zero-order valence-electron chi connectivity index (χ0n) is 13.0. The van der Waals surface area contributed by atoms with E-state index in [1.807, 2.05) is 18.2 Å². The number of halogens is 1. The largest absolute Gasteiger partial charge is 0.465 e. The van der Waals surface area contributed by atoms with Gasteiger partial charge >= 0.3 is 5.97 Å². The number of carbonyl (C=O) groups excluding carboxylic acids is 1. The normalized spacial score (nSPS) is 21.8. The molecule has 4 nitrogen and oxygen atoms in total. The second-order valence-corrected chi connectivity index (χ2v) is 7.46. The zero-order valence-corrected chi connectivity index (χ0v) is 15.2. The molecule has 0 amide bonds. The molecule has 5 heteroatoms. The Morgan fingerprint density at radius 3 is 2.50 bits per heavy atom. The topological polar surface area (TPSA) is 44.8 Å². The average molecular weight is 436 g/mol. The van der Waals surface area contributed by atoms with Gasteiger partial charge < -0.3 is 14.2 Å². The molecule has 4 rings (SSSR count). The van der Waals surface area contributed by atoms with Crippen molar-refractivity contribution in [3.8, 4) is 11.5 Å². The fourth-order valence-electron chi connectivity index (χ4n) is 3.30. The molecule has 0 bridgehead atoms. The summed E-state index contributed by atoms with van der Waals surface area (Å²) in [6.07, 6.45) is 1.53. The summed E-state index contributed by atoms with van der Waals surface area (Å²) in [6, 6.07) is 14.3. The van der Waals surface area contributed by atoms with Crippen LogP contribution in [-0.2, 0) is 22.4 Å². The number of esters is 1. The van der Waals surface area contributed by atoms with Crippen LogP contribution in [0, 0.1) is 15.4 Å². The quantitative estimate of drug-likeness (QED) is 0.543. The lowest BCUT2D eigenvalue weighted by Gasteiger charge is -2.15. The molecule has 2 aliphatic heterocycles. The van der Waals surface area contributed by atoms with Crippen LogP contribution in [0.1, 0.15) is 11.1 Å². The molecule has 2 aromatic rings. The van der Waals surface area contributed by atoms with Crippen LogP contribution in [0.25, 0.3) is 0 Å². The van der Waals surface area contributed by atoms with Crippen LogP contribution in [-0.4, -0.2) is 19.4 Å². The first-order valence-electron chi connectivity index (χ1n) is 7.98. The molecule has 2 aromatic carbocycles. The Bertz CT molecular complexity index is 756. The minimum Gasteiger partial charge on any atom is -0.465 e. The maximum Gasteiger partial charge on any atom is 0.309 e. The van der Waals surface area contributed by atoms with Crippen molar-refractivity contribution >= 4 is 28.6 Å². The van der Waals surface area contributed by atoms with E-state index in [1.54, 1.807) is 0 Å². The van der Waals surface area contributed by atoms with E-state index in [0.29, 0.717) is 6.61 Å². The van der Waals surface area contributed by atoms with Crippen molar-refractivity contribution in [1.29, 1.82) is 0 Å². The molecule has 0 saturated carbocycles. The van der Waals surface area contributed by atoms with E-state index in [2.05, 4.69) is 46.9 Å². The number of rotatable bonds is 4. The molecular weight excluding hydrogens is 419 g/mol. The van der Waals surface area contributed by atoms with Crippen LogP contribution >= 0.6 is 22.6 Å². The highest BCUT2D eigenvalue weighted by molar-refractivity contribution is 14.1. The molecule has 2 atom stereocenters. The van der Waals surface area contributed by atoms with E-state index in [-0.39, 0.29) is 24.6 Å². The molecule has 1 saturated heterocycles. The molecule has 0 radical (unpaired) electrons. The van der Waals surface area contributed by atoms with Gasteiger partial charge in [-0.05, 0) is 70.8 Å². The lowest BCUT2D eigenvalue weighted by atomic mass is 9.85. The number of cyclic esters (lactones) is 1. The number of fused-ring (bicyclic) bond motifs is 1. The third-order valence-corrected chi connectivity index (χ3v) is 5.33. The predicted molar refractivity (Wildman–Crippen MR) is 97.1 cm³/mol. The Morgan fingerprint density at radius 1 is 0.917 bits per heavy atom. The van der Waals surface area contributed by atoms with Gasteiger partial charge in [-0.2, -0.15) is 0 Å². The van der Waals surface area contributed by atoms with E-state index in [9.17, 15) is 4.79 Å². The number of ether oxygens (including phenoxy) is 3. The number of hydrogen-bond donors (Lipinski definition) is 0. The summed E-state index contributed by atoms with van der Waals surface area (Å²) in [5.41, 5.74) is 2.32. The lowest BCUT2D eigenvalue weighted by Crippen LogP contribution is -2.20. The molecule has 2 heterocycles. The first kappa shape index (κ1) is 15.7. The first-order valence-corrected chi connectivity index (χ1v) is 9.06. The summed E-state index contributed by atoms with van der Waals surface area (Å²) in [7, 11) is 0. The molecule has 24 heavy (non-hydrogen) atoms.